The van der Waals surface area contributed by atoms with Crippen LogP contribution in [-0.4, -0.2) is 32.3 Å². The molecule has 144 valence electrons. The lowest BCUT2D eigenvalue weighted by molar-refractivity contribution is 0.572. The number of aliphatic imine (C=N–C) groups is 1. The second kappa shape index (κ2) is 10.0. The van der Waals surface area contributed by atoms with Gasteiger partial charge in [0.05, 0.1) is 13.1 Å². The minimum absolute atomic E-state index is 0. The third-order valence-electron chi connectivity index (χ3n) is 3.81. The molecule has 0 unspecified atom stereocenters. The molecule has 0 saturated carbocycles. The van der Waals surface area contributed by atoms with Crippen molar-refractivity contribution in [2.24, 2.45) is 12.0 Å². The lowest BCUT2D eigenvalue weighted by atomic mass is 10.1. The molecule has 0 aliphatic heterocycles. The van der Waals surface area contributed by atoms with Gasteiger partial charge in [0.2, 0.25) is 5.89 Å². The van der Waals surface area contributed by atoms with Gasteiger partial charge < -0.3 is 15.1 Å². The number of hydrogen-bond donors (Lipinski definition) is 2. The average molecular weight is 481 g/mol. The molecule has 0 bridgehead atoms. The van der Waals surface area contributed by atoms with Crippen LogP contribution in [0.5, 0.6) is 0 Å². The third-order valence-corrected chi connectivity index (χ3v) is 3.81. The van der Waals surface area contributed by atoms with E-state index < -0.39 is 0 Å². The molecular weight excluding hydrogens is 457 g/mol. The number of aryl methyl sites for hydroxylation is 2. The Balaban J connectivity index is 0.00000261. The Morgan fingerprint density at radius 1 is 1.22 bits per heavy atom. The number of rotatable bonds is 6. The van der Waals surface area contributed by atoms with Crippen LogP contribution in [0.25, 0.3) is 11.5 Å². The highest BCUT2D eigenvalue weighted by molar-refractivity contribution is 14.0. The lowest BCUT2D eigenvalue weighted by Gasteiger charge is -2.10. The SMILES string of the molecule is CCNC(=NCc1coc(-c2ccc(C)cc2)n1)NCc1ncnn1C.I. The van der Waals surface area contributed by atoms with E-state index in [9.17, 15) is 0 Å². The van der Waals surface area contributed by atoms with Crippen LogP contribution in [0.1, 0.15) is 24.0 Å². The maximum atomic E-state index is 5.57. The van der Waals surface area contributed by atoms with E-state index in [1.54, 1.807) is 10.9 Å². The van der Waals surface area contributed by atoms with Gasteiger partial charge in [0, 0.05) is 19.2 Å². The first-order valence-corrected chi connectivity index (χ1v) is 8.52. The Labute approximate surface area is 175 Å². The molecule has 9 heteroatoms. The van der Waals surface area contributed by atoms with Gasteiger partial charge in [-0.3, -0.25) is 4.68 Å². The molecule has 0 fully saturated rings. The Morgan fingerprint density at radius 2 is 2.00 bits per heavy atom. The van der Waals surface area contributed by atoms with Crippen LogP contribution >= 0.6 is 24.0 Å². The Morgan fingerprint density at radius 3 is 2.67 bits per heavy atom. The molecule has 1 aromatic carbocycles. The van der Waals surface area contributed by atoms with Gasteiger partial charge in [-0.1, -0.05) is 17.7 Å². The van der Waals surface area contributed by atoms with Gasteiger partial charge in [-0.05, 0) is 26.0 Å². The fourth-order valence-corrected chi connectivity index (χ4v) is 2.35. The quantitative estimate of drug-likeness (QED) is 0.320. The van der Waals surface area contributed by atoms with E-state index in [4.69, 9.17) is 4.42 Å². The zero-order chi connectivity index (χ0) is 18.4. The van der Waals surface area contributed by atoms with Crippen molar-refractivity contribution in [1.29, 1.82) is 0 Å². The molecule has 27 heavy (non-hydrogen) atoms. The highest BCUT2D eigenvalue weighted by Crippen LogP contribution is 2.19. The summed E-state index contributed by atoms with van der Waals surface area (Å²) >= 11 is 0. The van der Waals surface area contributed by atoms with Crippen molar-refractivity contribution < 1.29 is 4.42 Å². The summed E-state index contributed by atoms with van der Waals surface area (Å²) < 4.78 is 7.30. The lowest BCUT2D eigenvalue weighted by Crippen LogP contribution is -2.37. The predicted molar refractivity (Wildman–Crippen MR) is 115 cm³/mol. The molecule has 0 saturated heterocycles. The van der Waals surface area contributed by atoms with Crippen LogP contribution < -0.4 is 10.6 Å². The molecule has 2 N–H and O–H groups in total. The number of aromatic nitrogens is 4. The van der Waals surface area contributed by atoms with Gasteiger partial charge in [0.15, 0.2) is 5.96 Å². The zero-order valence-corrected chi connectivity index (χ0v) is 18.0. The highest BCUT2D eigenvalue weighted by Gasteiger charge is 2.07. The molecule has 3 aromatic rings. The molecule has 3 rings (SSSR count). The van der Waals surface area contributed by atoms with Crippen molar-refractivity contribution in [2.45, 2.75) is 26.9 Å². The number of benzene rings is 1. The third kappa shape index (κ3) is 5.78. The van der Waals surface area contributed by atoms with Crippen LogP contribution in [-0.2, 0) is 20.1 Å². The van der Waals surface area contributed by atoms with Crippen molar-refractivity contribution in [1.82, 2.24) is 30.4 Å². The number of guanidine groups is 1. The minimum atomic E-state index is 0. The van der Waals surface area contributed by atoms with E-state index in [1.165, 1.54) is 11.9 Å². The fraction of sp³-hybridized carbons (Fsp3) is 0.333. The molecule has 0 atom stereocenters. The molecule has 2 heterocycles. The van der Waals surface area contributed by atoms with Crippen LogP contribution in [0.15, 0.2) is 46.3 Å². The van der Waals surface area contributed by atoms with Gasteiger partial charge in [0.1, 0.15) is 24.1 Å². The van der Waals surface area contributed by atoms with E-state index in [-0.39, 0.29) is 24.0 Å². The second-order valence-corrected chi connectivity index (χ2v) is 5.86. The minimum Gasteiger partial charge on any atom is -0.444 e. The summed E-state index contributed by atoms with van der Waals surface area (Å²) in [5, 5.41) is 10.5. The van der Waals surface area contributed by atoms with Gasteiger partial charge in [-0.2, -0.15) is 5.10 Å². The molecule has 8 nitrogen and oxygen atoms in total. The first-order chi connectivity index (χ1) is 12.7. The molecule has 0 aliphatic carbocycles. The summed E-state index contributed by atoms with van der Waals surface area (Å²) in [6.07, 6.45) is 3.17. The van der Waals surface area contributed by atoms with E-state index in [2.05, 4.69) is 37.6 Å². The molecule has 0 spiro atoms. The number of halogens is 1. The first-order valence-electron chi connectivity index (χ1n) is 8.52. The van der Waals surface area contributed by atoms with E-state index in [0.29, 0.717) is 24.9 Å². The Kier molecular flexibility index (Phi) is 7.77. The van der Waals surface area contributed by atoms with Crippen molar-refractivity contribution >= 4 is 29.9 Å². The van der Waals surface area contributed by atoms with Crippen LogP contribution in [0.4, 0.5) is 0 Å². The largest absolute Gasteiger partial charge is 0.444 e. The smallest absolute Gasteiger partial charge is 0.226 e. The maximum Gasteiger partial charge on any atom is 0.226 e. The summed E-state index contributed by atoms with van der Waals surface area (Å²) in [4.78, 5) is 13.2. The Bertz CT molecular complexity index is 870. The normalized spacial score (nSPS) is 11.1. The summed E-state index contributed by atoms with van der Waals surface area (Å²) in [6, 6.07) is 8.08. The van der Waals surface area contributed by atoms with Gasteiger partial charge in [0.25, 0.3) is 0 Å². The number of nitrogens with one attached hydrogen (secondary N) is 2. The number of nitrogens with zero attached hydrogens (tertiary/aromatic N) is 5. The average Bonchev–Trinajstić information content (AvgIpc) is 3.27. The summed E-state index contributed by atoms with van der Waals surface area (Å²) in [7, 11) is 1.86. The standard InChI is InChI=1S/C18H23N7O.HI/c1-4-19-18(21-10-16-22-12-23-25(16)3)20-9-15-11-26-17(24-15)14-7-5-13(2)6-8-14;/h5-8,11-12H,4,9-10H2,1-3H3,(H2,19,20,21);1H. The molecule has 2 aromatic heterocycles. The van der Waals surface area contributed by atoms with Crippen molar-refractivity contribution in [3.63, 3.8) is 0 Å². The number of oxazole rings is 1. The maximum absolute atomic E-state index is 5.57. The molecule has 0 aliphatic rings. The van der Waals surface area contributed by atoms with E-state index in [1.807, 2.05) is 38.2 Å². The molecule has 0 amide bonds. The Hall–Kier alpha value is -2.43. The monoisotopic (exact) mass is 481 g/mol. The highest BCUT2D eigenvalue weighted by atomic mass is 127. The van der Waals surface area contributed by atoms with E-state index in [0.717, 1.165) is 23.6 Å². The summed E-state index contributed by atoms with van der Waals surface area (Å²) in [5.41, 5.74) is 2.93. The molecule has 0 radical (unpaired) electrons. The summed E-state index contributed by atoms with van der Waals surface area (Å²) in [6.45, 7) is 5.79. The van der Waals surface area contributed by atoms with E-state index >= 15 is 0 Å². The van der Waals surface area contributed by atoms with Crippen molar-refractivity contribution in [3.8, 4) is 11.5 Å². The van der Waals surface area contributed by atoms with Gasteiger partial charge in [-0.25, -0.2) is 15.0 Å². The summed E-state index contributed by atoms with van der Waals surface area (Å²) in [5.74, 6) is 2.13. The predicted octanol–water partition coefficient (Wildman–Crippen LogP) is 2.65. The molecular formula is C18H24IN7O. The fourth-order valence-electron chi connectivity index (χ4n) is 2.35. The van der Waals surface area contributed by atoms with Gasteiger partial charge >= 0.3 is 0 Å². The zero-order valence-electron chi connectivity index (χ0n) is 15.6. The van der Waals surface area contributed by atoms with Crippen LogP contribution in [0.2, 0.25) is 0 Å². The van der Waals surface area contributed by atoms with Crippen molar-refractivity contribution in [3.05, 3.63) is 53.9 Å². The topological polar surface area (TPSA) is 93.2 Å². The van der Waals surface area contributed by atoms with Crippen molar-refractivity contribution in [2.75, 3.05) is 6.54 Å². The van der Waals surface area contributed by atoms with Crippen LogP contribution in [0, 0.1) is 6.92 Å². The van der Waals surface area contributed by atoms with Crippen LogP contribution in [0.3, 0.4) is 0 Å². The number of hydrogen-bond acceptors (Lipinski definition) is 5. The first kappa shape index (κ1) is 20.9. The van der Waals surface area contributed by atoms with Gasteiger partial charge in [-0.15, -0.1) is 24.0 Å². The second-order valence-electron chi connectivity index (χ2n) is 5.86.